The lowest BCUT2D eigenvalue weighted by atomic mass is 10.0. The van der Waals surface area contributed by atoms with E-state index >= 15 is 0 Å². The number of hydrogen-bond donors (Lipinski definition) is 1. The van der Waals surface area contributed by atoms with Crippen LogP contribution in [0.15, 0.2) is 18.2 Å². The van der Waals surface area contributed by atoms with E-state index in [2.05, 4.69) is 4.90 Å². The molecule has 0 saturated heterocycles. The molecule has 0 amide bonds. The lowest BCUT2D eigenvalue weighted by Crippen LogP contribution is -2.31. The first-order valence-corrected chi connectivity index (χ1v) is 8.01. The normalized spacial score (nSPS) is 19.8. The van der Waals surface area contributed by atoms with Crippen molar-refractivity contribution in [2.24, 2.45) is 11.7 Å². The van der Waals surface area contributed by atoms with Crippen molar-refractivity contribution in [1.82, 2.24) is 4.90 Å². The maximum atomic E-state index is 14.0. The minimum absolute atomic E-state index is 0.262. The summed E-state index contributed by atoms with van der Waals surface area (Å²) in [6, 6.07) is 5.34. The smallest absolute Gasteiger partial charge is 0.131 e. The van der Waals surface area contributed by atoms with Crippen molar-refractivity contribution in [3.8, 4) is 5.75 Å². The molecule has 116 valence electrons. The molecule has 2 aliphatic rings. The van der Waals surface area contributed by atoms with Crippen LogP contribution in [0.5, 0.6) is 5.75 Å². The van der Waals surface area contributed by atoms with E-state index in [4.69, 9.17) is 10.5 Å². The summed E-state index contributed by atoms with van der Waals surface area (Å²) in [7, 11) is 1.56. The Morgan fingerprint density at radius 3 is 2.71 bits per heavy atom. The Bertz CT molecular complexity index is 486. The van der Waals surface area contributed by atoms with Crippen LogP contribution >= 0.6 is 0 Å². The molecule has 2 aliphatic carbocycles. The summed E-state index contributed by atoms with van der Waals surface area (Å²) in [5, 5.41) is 0. The second kappa shape index (κ2) is 6.32. The van der Waals surface area contributed by atoms with Gasteiger partial charge in [0.25, 0.3) is 0 Å². The quantitative estimate of drug-likeness (QED) is 0.800. The molecule has 0 aliphatic heterocycles. The molecule has 2 saturated carbocycles. The van der Waals surface area contributed by atoms with E-state index in [0.717, 1.165) is 24.9 Å². The summed E-state index contributed by atoms with van der Waals surface area (Å²) < 4.78 is 19.3. The molecule has 1 aromatic carbocycles. The van der Waals surface area contributed by atoms with Gasteiger partial charge in [-0.3, -0.25) is 0 Å². The predicted octanol–water partition coefficient (Wildman–Crippen LogP) is 3.10. The summed E-state index contributed by atoms with van der Waals surface area (Å²) in [4.78, 5) is 2.56. The summed E-state index contributed by atoms with van der Waals surface area (Å²) in [5.74, 6) is 1.19. The van der Waals surface area contributed by atoms with Crippen LogP contribution in [-0.2, 0) is 0 Å². The molecule has 2 N–H and O–H groups in total. The molecule has 3 rings (SSSR count). The molecule has 0 aromatic heterocycles. The molecule has 0 radical (unpaired) electrons. The van der Waals surface area contributed by atoms with Crippen molar-refractivity contribution >= 4 is 0 Å². The molecule has 0 bridgehead atoms. The fourth-order valence-corrected chi connectivity index (χ4v) is 3.00. The Balaban J connectivity index is 1.61. The van der Waals surface area contributed by atoms with Gasteiger partial charge in [0.2, 0.25) is 0 Å². The van der Waals surface area contributed by atoms with Crippen molar-refractivity contribution in [1.29, 1.82) is 0 Å². The maximum absolute atomic E-state index is 14.0. The lowest BCUT2D eigenvalue weighted by Gasteiger charge is -2.24. The van der Waals surface area contributed by atoms with Crippen LogP contribution in [0.3, 0.4) is 0 Å². The van der Waals surface area contributed by atoms with E-state index in [1.807, 2.05) is 0 Å². The summed E-state index contributed by atoms with van der Waals surface area (Å²) in [6.07, 6.45) is 6.14. The average Bonchev–Trinajstić information content (AvgIpc) is 3.36. The van der Waals surface area contributed by atoms with Gasteiger partial charge in [0.15, 0.2) is 0 Å². The van der Waals surface area contributed by atoms with Gasteiger partial charge in [0, 0.05) is 30.7 Å². The molecule has 1 unspecified atom stereocenters. The first-order valence-electron chi connectivity index (χ1n) is 8.01. The van der Waals surface area contributed by atoms with E-state index in [-0.39, 0.29) is 11.9 Å². The molecule has 4 heteroatoms. The molecule has 0 heterocycles. The minimum Gasteiger partial charge on any atom is -0.496 e. The third-order valence-corrected chi connectivity index (χ3v) is 4.58. The van der Waals surface area contributed by atoms with E-state index in [9.17, 15) is 4.39 Å². The number of nitrogens with two attached hydrogens (primary N) is 1. The van der Waals surface area contributed by atoms with Crippen LogP contribution in [0.1, 0.15) is 43.7 Å². The molecule has 21 heavy (non-hydrogen) atoms. The molecule has 1 aromatic rings. The Kier molecular flexibility index (Phi) is 4.45. The Morgan fingerprint density at radius 1 is 1.33 bits per heavy atom. The number of methoxy groups -OCH3 is 1. The zero-order valence-electron chi connectivity index (χ0n) is 12.7. The third-order valence-electron chi connectivity index (χ3n) is 4.58. The van der Waals surface area contributed by atoms with E-state index in [1.54, 1.807) is 19.2 Å². The standard InChI is InChI=1S/C17H25FN2O/c1-21-16-4-2-3-14(18)17(16)15(19)9-10-20(13-7-8-13)11-12-5-6-12/h2-4,12-13,15H,5-11,19H2,1H3. The van der Waals surface area contributed by atoms with Crippen molar-refractivity contribution in [2.45, 2.75) is 44.2 Å². The van der Waals surface area contributed by atoms with Gasteiger partial charge >= 0.3 is 0 Å². The van der Waals surface area contributed by atoms with Crippen molar-refractivity contribution in [3.05, 3.63) is 29.6 Å². The van der Waals surface area contributed by atoms with Crippen LogP contribution in [0.2, 0.25) is 0 Å². The van der Waals surface area contributed by atoms with Gasteiger partial charge in [-0.15, -0.1) is 0 Å². The van der Waals surface area contributed by atoms with Crippen molar-refractivity contribution < 1.29 is 9.13 Å². The van der Waals surface area contributed by atoms with Crippen molar-refractivity contribution in [3.63, 3.8) is 0 Å². The first kappa shape index (κ1) is 14.8. The SMILES string of the molecule is COc1cccc(F)c1C(N)CCN(CC1CC1)C1CC1. The second-order valence-electron chi connectivity index (χ2n) is 6.42. The van der Waals surface area contributed by atoms with Crippen LogP contribution in [0, 0.1) is 11.7 Å². The molecular formula is C17H25FN2O. The number of benzene rings is 1. The van der Waals surface area contributed by atoms with Gasteiger partial charge in [0.1, 0.15) is 11.6 Å². The average molecular weight is 292 g/mol. The summed E-state index contributed by atoms with van der Waals surface area (Å²) >= 11 is 0. The second-order valence-corrected chi connectivity index (χ2v) is 6.42. The molecule has 2 fully saturated rings. The highest BCUT2D eigenvalue weighted by Crippen LogP contribution is 2.36. The fourth-order valence-electron chi connectivity index (χ4n) is 3.00. The highest BCUT2D eigenvalue weighted by Gasteiger charge is 2.33. The molecule has 3 nitrogen and oxygen atoms in total. The van der Waals surface area contributed by atoms with Crippen LogP contribution < -0.4 is 10.5 Å². The molecule has 1 atom stereocenters. The summed E-state index contributed by atoms with van der Waals surface area (Å²) in [5.41, 5.74) is 6.76. The minimum atomic E-state index is -0.304. The van der Waals surface area contributed by atoms with Crippen LogP contribution in [0.4, 0.5) is 4.39 Å². The summed E-state index contributed by atoms with van der Waals surface area (Å²) in [6.45, 7) is 2.16. The number of ether oxygens (including phenoxy) is 1. The Labute approximate surface area is 126 Å². The van der Waals surface area contributed by atoms with Gasteiger partial charge in [0.05, 0.1) is 7.11 Å². The number of halogens is 1. The highest BCUT2D eigenvalue weighted by atomic mass is 19.1. The van der Waals surface area contributed by atoms with Gasteiger partial charge < -0.3 is 15.4 Å². The first-order chi connectivity index (χ1) is 10.2. The Morgan fingerprint density at radius 2 is 2.10 bits per heavy atom. The topological polar surface area (TPSA) is 38.5 Å². The van der Waals surface area contributed by atoms with E-state index in [0.29, 0.717) is 11.3 Å². The van der Waals surface area contributed by atoms with Gasteiger partial charge in [-0.05, 0) is 50.2 Å². The highest BCUT2D eigenvalue weighted by molar-refractivity contribution is 5.37. The predicted molar refractivity (Wildman–Crippen MR) is 81.8 cm³/mol. The van der Waals surface area contributed by atoms with Crippen LogP contribution in [0.25, 0.3) is 0 Å². The van der Waals surface area contributed by atoms with E-state index in [1.165, 1.54) is 38.3 Å². The van der Waals surface area contributed by atoms with Crippen LogP contribution in [-0.4, -0.2) is 31.1 Å². The van der Waals surface area contributed by atoms with Gasteiger partial charge in [-0.2, -0.15) is 0 Å². The Hall–Kier alpha value is -1.13. The number of nitrogens with zero attached hydrogens (tertiary/aromatic N) is 1. The fraction of sp³-hybridized carbons (Fsp3) is 0.647. The zero-order valence-corrected chi connectivity index (χ0v) is 12.7. The lowest BCUT2D eigenvalue weighted by molar-refractivity contribution is 0.242. The molecule has 0 spiro atoms. The van der Waals surface area contributed by atoms with E-state index < -0.39 is 0 Å². The molecular weight excluding hydrogens is 267 g/mol. The largest absolute Gasteiger partial charge is 0.496 e. The number of rotatable bonds is 8. The van der Waals surface area contributed by atoms with Gasteiger partial charge in [-0.25, -0.2) is 4.39 Å². The monoisotopic (exact) mass is 292 g/mol. The third kappa shape index (κ3) is 3.74. The maximum Gasteiger partial charge on any atom is 0.131 e. The van der Waals surface area contributed by atoms with Crippen molar-refractivity contribution in [2.75, 3.05) is 20.2 Å². The number of hydrogen-bond acceptors (Lipinski definition) is 3. The zero-order chi connectivity index (χ0) is 14.8. The van der Waals surface area contributed by atoms with Gasteiger partial charge in [-0.1, -0.05) is 6.07 Å².